The minimum atomic E-state index is -4.02. The van der Waals surface area contributed by atoms with Gasteiger partial charge in [0.25, 0.3) is 10.0 Å². The summed E-state index contributed by atoms with van der Waals surface area (Å²) in [6, 6.07) is 19.7. The highest BCUT2D eigenvalue weighted by Crippen LogP contribution is 2.16. The smallest absolute Gasteiger partial charge is 0.343 e. The third-order valence-corrected chi connectivity index (χ3v) is 5.22. The van der Waals surface area contributed by atoms with Gasteiger partial charge in [0.1, 0.15) is 5.75 Å². The number of anilines is 1. The molecule has 3 rings (SSSR count). The van der Waals surface area contributed by atoms with Gasteiger partial charge in [-0.1, -0.05) is 42.0 Å². The number of ether oxygens (including phenoxy) is 1. The lowest BCUT2D eigenvalue weighted by Gasteiger charge is -2.10. The normalized spacial score (nSPS) is 10.8. The zero-order chi connectivity index (χ0) is 20.9. The molecule has 0 radical (unpaired) electrons. The highest BCUT2D eigenvalue weighted by Gasteiger charge is 2.18. The lowest BCUT2D eigenvalue weighted by atomic mass is 10.2. The Balaban J connectivity index is 1.67. The van der Waals surface area contributed by atoms with Crippen molar-refractivity contribution in [3.8, 4) is 5.75 Å². The van der Waals surface area contributed by atoms with Crippen LogP contribution in [0.5, 0.6) is 5.75 Å². The summed E-state index contributed by atoms with van der Waals surface area (Å²) in [5.74, 6) is -0.217. The molecule has 0 bridgehead atoms. The van der Waals surface area contributed by atoms with Crippen molar-refractivity contribution in [1.29, 1.82) is 0 Å². The minimum Gasteiger partial charge on any atom is -0.423 e. The second-order valence-electron chi connectivity index (χ2n) is 6.16. The number of amides is 2. The number of carbonyl (C=O) groups is 2. The Kier molecular flexibility index (Phi) is 5.94. The molecule has 148 valence electrons. The lowest BCUT2D eigenvalue weighted by molar-refractivity contribution is 0.0734. The van der Waals surface area contributed by atoms with Crippen LogP contribution < -0.4 is 14.8 Å². The van der Waals surface area contributed by atoms with Crippen molar-refractivity contribution < 1.29 is 22.7 Å². The Morgan fingerprint density at radius 3 is 2.24 bits per heavy atom. The van der Waals surface area contributed by atoms with Crippen LogP contribution in [0.25, 0.3) is 0 Å². The number of urea groups is 1. The Hall–Kier alpha value is -3.65. The molecule has 0 atom stereocenters. The third kappa shape index (κ3) is 5.43. The van der Waals surface area contributed by atoms with Crippen molar-refractivity contribution in [3.05, 3.63) is 90.0 Å². The van der Waals surface area contributed by atoms with Gasteiger partial charge in [0.15, 0.2) is 0 Å². The van der Waals surface area contributed by atoms with Gasteiger partial charge in [-0.3, -0.25) is 0 Å². The highest BCUT2D eigenvalue weighted by molar-refractivity contribution is 7.90. The van der Waals surface area contributed by atoms with E-state index in [-0.39, 0.29) is 16.1 Å². The topological polar surface area (TPSA) is 102 Å². The van der Waals surface area contributed by atoms with Crippen molar-refractivity contribution in [2.45, 2.75) is 11.8 Å². The Bertz CT molecular complexity index is 1130. The molecule has 0 saturated carbocycles. The van der Waals surface area contributed by atoms with Gasteiger partial charge in [0.2, 0.25) is 0 Å². The van der Waals surface area contributed by atoms with Gasteiger partial charge in [-0.05, 0) is 49.4 Å². The van der Waals surface area contributed by atoms with Crippen LogP contribution in [0.15, 0.2) is 83.8 Å². The molecule has 0 aromatic heterocycles. The van der Waals surface area contributed by atoms with E-state index in [1.54, 1.807) is 48.5 Å². The molecule has 0 fully saturated rings. The van der Waals surface area contributed by atoms with Crippen LogP contribution in [0.2, 0.25) is 0 Å². The molecule has 7 nitrogen and oxygen atoms in total. The fourth-order valence-corrected chi connectivity index (χ4v) is 3.34. The molecule has 0 unspecified atom stereocenters. The molecule has 0 aliphatic carbocycles. The number of hydrogen-bond acceptors (Lipinski definition) is 5. The lowest BCUT2D eigenvalue weighted by Crippen LogP contribution is -2.34. The molecule has 2 amide bonds. The molecule has 8 heteroatoms. The number of carbonyl (C=O) groups excluding carboxylic acids is 2. The van der Waals surface area contributed by atoms with Crippen molar-refractivity contribution in [2.24, 2.45) is 0 Å². The number of nitrogens with one attached hydrogen (secondary N) is 2. The highest BCUT2D eigenvalue weighted by atomic mass is 32.2. The van der Waals surface area contributed by atoms with E-state index < -0.39 is 22.0 Å². The predicted octanol–water partition coefficient (Wildman–Crippen LogP) is 3.72. The molecular formula is C21H18N2O5S. The van der Waals surface area contributed by atoms with E-state index in [0.717, 1.165) is 5.56 Å². The number of para-hydroxylation sites is 1. The number of hydrogen-bond donors (Lipinski definition) is 2. The van der Waals surface area contributed by atoms with Crippen molar-refractivity contribution in [2.75, 3.05) is 5.32 Å². The van der Waals surface area contributed by atoms with Crippen LogP contribution in [-0.2, 0) is 10.0 Å². The summed E-state index contributed by atoms with van der Waals surface area (Å²) in [6.45, 7) is 1.83. The number of sulfonamides is 1. The van der Waals surface area contributed by atoms with Gasteiger partial charge in [0, 0.05) is 5.69 Å². The maximum atomic E-state index is 12.3. The first kappa shape index (κ1) is 20.1. The predicted molar refractivity (Wildman–Crippen MR) is 108 cm³/mol. The van der Waals surface area contributed by atoms with Gasteiger partial charge in [-0.25, -0.2) is 22.7 Å². The molecule has 3 aromatic rings. The molecule has 29 heavy (non-hydrogen) atoms. The standard InChI is InChI=1S/C21H18N2O5S/c1-15-10-12-19(13-11-15)29(26,27)23-21(25)22-17-7-5-6-16(14-17)20(24)28-18-8-3-2-4-9-18/h2-14H,1H3,(H2,22,23,25). The maximum Gasteiger partial charge on any atom is 0.343 e. The second kappa shape index (κ2) is 8.57. The number of rotatable bonds is 5. The second-order valence-corrected chi connectivity index (χ2v) is 7.84. The van der Waals surface area contributed by atoms with Crippen LogP contribution in [-0.4, -0.2) is 20.4 Å². The zero-order valence-electron chi connectivity index (χ0n) is 15.5. The largest absolute Gasteiger partial charge is 0.423 e. The Morgan fingerprint density at radius 2 is 1.55 bits per heavy atom. The van der Waals surface area contributed by atoms with E-state index in [1.807, 2.05) is 11.6 Å². The quantitative estimate of drug-likeness (QED) is 0.493. The van der Waals surface area contributed by atoms with Gasteiger partial charge >= 0.3 is 12.0 Å². The van der Waals surface area contributed by atoms with E-state index in [9.17, 15) is 18.0 Å². The van der Waals surface area contributed by atoms with Gasteiger partial charge in [-0.15, -0.1) is 0 Å². The third-order valence-electron chi connectivity index (χ3n) is 3.87. The average molecular weight is 410 g/mol. The fraction of sp³-hybridized carbons (Fsp3) is 0.0476. The first-order chi connectivity index (χ1) is 13.8. The van der Waals surface area contributed by atoms with Crippen molar-refractivity contribution in [3.63, 3.8) is 0 Å². The SMILES string of the molecule is Cc1ccc(S(=O)(=O)NC(=O)Nc2cccc(C(=O)Oc3ccccc3)c2)cc1. The fourth-order valence-electron chi connectivity index (χ4n) is 2.43. The summed E-state index contributed by atoms with van der Waals surface area (Å²) >= 11 is 0. The van der Waals surface area contributed by atoms with Crippen LogP contribution in [0.1, 0.15) is 15.9 Å². The summed E-state index contributed by atoms with van der Waals surface area (Å²) in [7, 11) is -4.02. The Morgan fingerprint density at radius 1 is 0.862 bits per heavy atom. The van der Waals surface area contributed by atoms with E-state index in [1.165, 1.54) is 30.3 Å². The van der Waals surface area contributed by atoms with Crippen LogP contribution in [0, 0.1) is 6.92 Å². The molecule has 3 aromatic carbocycles. The number of aryl methyl sites for hydroxylation is 1. The monoisotopic (exact) mass is 410 g/mol. The molecule has 0 spiro atoms. The summed E-state index contributed by atoms with van der Waals surface area (Å²) in [5, 5.41) is 2.40. The van der Waals surface area contributed by atoms with Gasteiger partial charge in [0.05, 0.1) is 10.5 Å². The molecule has 0 saturated heterocycles. The van der Waals surface area contributed by atoms with Crippen LogP contribution in [0.4, 0.5) is 10.5 Å². The van der Waals surface area contributed by atoms with Crippen LogP contribution in [0.3, 0.4) is 0 Å². The van der Waals surface area contributed by atoms with E-state index in [0.29, 0.717) is 5.75 Å². The molecule has 0 aliphatic rings. The maximum absolute atomic E-state index is 12.3. The van der Waals surface area contributed by atoms with Gasteiger partial charge in [-0.2, -0.15) is 0 Å². The van der Waals surface area contributed by atoms with E-state index >= 15 is 0 Å². The summed E-state index contributed by atoms with van der Waals surface area (Å²) in [4.78, 5) is 24.3. The summed E-state index contributed by atoms with van der Waals surface area (Å²) < 4.78 is 31.7. The van der Waals surface area contributed by atoms with Crippen molar-refractivity contribution in [1.82, 2.24) is 4.72 Å². The molecule has 0 aliphatic heterocycles. The number of esters is 1. The molecule has 2 N–H and O–H groups in total. The zero-order valence-corrected chi connectivity index (χ0v) is 16.3. The van der Waals surface area contributed by atoms with E-state index in [4.69, 9.17) is 4.74 Å². The van der Waals surface area contributed by atoms with Gasteiger partial charge < -0.3 is 10.1 Å². The first-order valence-corrected chi connectivity index (χ1v) is 10.1. The molecule has 0 heterocycles. The Labute approximate surface area is 168 Å². The first-order valence-electron chi connectivity index (χ1n) is 8.61. The molecular weight excluding hydrogens is 392 g/mol. The summed E-state index contributed by atoms with van der Waals surface area (Å²) in [6.07, 6.45) is 0. The summed E-state index contributed by atoms with van der Waals surface area (Å²) in [5.41, 5.74) is 1.34. The average Bonchev–Trinajstić information content (AvgIpc) is 2.69. The van der Waals surface area contributed by atoms with Crippen LogP contribution >= 0.6 is 0 Å². The minimum absolute atomic E-state index is 0.0292. The van der Waals surface area contributed by atoms with Crippen molar-refractivity contribution >= 4 is 27.7 Å². The van der Waals surface area contributed by atoms with E-state index in [2.05, 4.69) is 5.32 Å². The number of benzene rings is 3.